The van der Waals surface area contributed by atoms with E-state index in [0.717, 1.165) is 5.56 Å². The van der Waals surface area contributed by atoms with Gasteiger partial charge in [0.1, 0.15) is 0 Å². The maximum Gasteiger partial charge on any atom is 0.165 e. The van der Waals surface area contributed by atoms with E-state index in [2.05, 4.69) is 5.10 Å². The number of benzene rings is 1. The number of nitrogens with two attached hydrogens (primary N) is 1. The summed E-state index contributed by atoms with van der Waals surface area (Å²) in [5.74, 6) is 0.0759. The van der Waals surface area contributed by atoms with Crippen LogP contribution in [0.25, 0.3) is 0 Å². The van der Waals surface area contributed by atoms with Gasteiger partial charge >= 0.3 is 0 Å². The van der Waals surface area contributed by atoms with Crippen molar-refractivity contribution < 1.29 is 4.79 Å². The number of para-hydroxylation sites is 1. The lowest BCUT2D eigenvalue weighted by Crippen LogP contribution is -2.04. The molecule has 0 unspecified atom stereocenters. The topological polar surface area (TPSA) is 60.9 Å². The summed E-state index contributed by atoms with van der Waals surface area (Å²) in [6.45, 7) is 0. The Morgan fingerprint density at radius 1 is 1.41 bits per heavy atom. The van der Waals surface area contributed by atoms with Gasteiger partial charge in [-0.15, -0.1) is 0 Å². The highest BCUT2D eigenvalue weighted by atomic mass is 16.1. The zero-order valence-electron chi connectivity index (χ0n) is 9.76. The number of Topliss-reactive ketones (excluding diaryl/α,β-unsaturated/α-hetero) is 1. The molecule has 2 N–H and O–H groups in total. The SMILES string of the molecule is Cn1cc(CCC(=O)c2ccccc2N)cn1. The van der Waals surface area contributed by atoms with Crippen molar-refractivity contribution in [3.05, 3.63) is 47.8 Å². The molecule has 0 spiro atoms. The number of nitrogen functional groups attached to an aromatic ring is 1. The van der Waals surface area contributed by atoms with Crippen molar-refractivity contribution in [2.45, 2.75) is 12.8 Å². The summed E-state index contributed by atoms with van der Waals surface area (Å²) in [5, 5.41) is 4.07. The van der Waals surface area contributed by atoms with Crippen molar-refractivity contribution >= 4 is 11.5 Å². The maximum atomic E-state index is 11.9. The molecule has 0 radical (unpaired) electrons. The van der Waals surface area contributed by atoms with Crippen LogP contribution in [0.5, 0.6) is 0 Å². The summed E-state index contributed by atoms with van der Waals surface area (Å²) < 4.78 is 1.73. The molecule has 0 atom stereocenters. The molecule has 0 fully saturated rings. The van der Waals surface area contributed by atoms with Crippen LogP contribution < -0.4 is 5.73 Å². The minimum atomic E-state index is 0.0759. The molecule has 17 heavy (non-hydrogen) atoms. The van der Waals surface area contributed by atoms with E-state index in [9.17, 15) is 4.79 Å². The van der Waals surface area contributed by atoms with Gasteiger partial charge in [0.05, 0.1) is 6.20 Å². The Hall–Kier alpha value is -2.10. The standard InChI is InChI=1S/C13H15N3O/c1-16-9-10(8-15-16)6-7-13(17)11-4-2-3-5-12(11)14/h2-5,8-9H,6-7,14H2,1H3. The molecule has 2 aromatic rings. The van der Waals surface area contributed by atoms with E-state index in [-0.39, 0.29) is 5.78 Å². The number of rotatable bonds is 4. The van der Waals surface area contributed by atoms with Crippen molar-refractivity contribution in [3.63, 3.8) is 0 Å². The lowest BCUT2D eigenvalue weighted by molar-refractivity contribution is 0.0983. The lowest BCUT2D eigenvalue weighted by Gasteiger charge is -2.03. The van der Waals surface area contributed by atoms with Crippen LogP contribution in [0.1, 0.15) is 22.3 Å². The fourth-order valence-corrected chi connectivity index (χ4v) is 1.74. The minimum absolute atomic E-state index is 0.0759. The predicted molar refractivity (Wildman–Crippen MR) is 66.7 cm³/mol. The highest BCUT2D eigenvalue weighted by Crippen LogP contribution is 2.14. The molecule has 0 aliphatic heterocycles. The third kappa shape index (κ3) is 2.72. The molecule has 1 heterocycles. The number of nitrogens with zero attached hydrogens (tertiary/aromatic N) is 2. The number of hydrogen-bond acceptors (Lipinski definition) is 3. The number of anilines is 1. The van der Waals surface area contributed by atoms with Crippen LogP contribution >= 0.6 is 0 Å². The average Bonchev–Trinajstić information content (AvgIpc) is 2.73. The van der Waals surface area contributed by atoms with E-state index in [1.165, 1.54) is 0 Å². The van der Waals surface area contributed by atoms with Crippen LogP contribution in [0.15, 0.2) is 36.7 Å². The van der Waals surface area contributed by atoms with E-state index in [0.29, 0.717) is 24.1 Å². The van der Waals surface area contributed by atoms with Crippen molar-refractivity contribution in [2.75, 3.05) is 5.73 Å². The van der Waals surface area contributed by atoms with E-state index in [1.54, 1.807) is 23.0 Å². The minimum Gasteiger partial charge on any atom is -0.398 e. The Morgan fingerprint density at radius 3 is 2.82 bits per heavy atom. The third-order valence-corrected chi connectivity index (χ3v) is 2.66. The molecule has 2 rings (SSSR count). The van der Waals surface area contributed by atoms with Gasteiger partial charge in [-0.3, -0.25) is 9.48 Å². The van der Waals surface area contributed by atoms with Gasteiger partial charge in [0.25, 0.3) is 0 Å². The molecule has 1 aromatic carbocycles. The number of hydrogen-bond donors (Lipinski definition) is 1. The first-order valence-corrected chi connectivity index (χ1v) is 5.52. The quantitative estimate of drug-likeness (QED) is 0.642. The molecule has 0 aliphatic rings. The molecule has 4 heteroatoms. The van der Waals surface area contributed by atoms with Gasteiger partial charge in [0.15, 0.2) is 5.78 Å². The van der Waals surface area contributed by atoms with E-state index >= 15 is 0 Å². The number of carbonyl (C=O) groups is 1. The van der Waals surface area contributed by atoms with Gasteiger partial charge in [-0.25, -0.2) is 0 Å². The molecular weight excluding hydrogens is 214 g/mol. The second-order valence-electron chi connectivity index (χ2n) is 4.03. The molecule has 0 saturated carbocycles. The van der Waals surface area contributed by atoms with Crippen molar-refractivity contribution in [2.24, 2.45) is 7.05 Å². The van der Waals surface area contributed by atoms with Crippen LogP contribution in [-0.2, 0) is 13.5 Å². The normalized spacial score (nSPS) is 10.4. The summed E-state index contributed by atoms with van der Waals surface area (Å²) in [4.78, 5) is 11.9. The van der Waals surface area contributed by atoms with Crippen LogP contribution in [-0.4, -0.2) is 15.6 Å². The van der Waals surface area contributed by atoms with Crippen LogP contribution in [0.2, 0.25) is 0 Å². The molecule has 4 nitrogen and oxygen atoms in total. The van der Waals surface area contributed by atoms with E-state index < -0.39 is 0 Å². The summed E-state index contributed by atoms with van der Waals surface area (Å²) in [5.41, 5.74) is 7.98. The predicted octanol–water partition coefficient (Wildman–Crippen LogP) is 1.82. The Morgan fingerprint density at radius 2 is 2.18 bits per heavy atom. The maximum absolute atomic E-state index is 11.9. The monoisotopic (exact) mass is 229 g/mol. The van der Waals surface area contributed by atoms with Crippen LogP contribution in [0.4, 0.5) is 5.69 Å². The number of aromatic nitrogens is 2. The highest BCUT2D eigenvalue weighted by Gasteiger charge is 2.09. The molecule has 1 aromatic heterocycles. The summed E-state index contributed by atoms with van der Waals surface area (Å²) in [6, 6.07) is 7.17. The fraction of sp³-hybridized carbons (Fsp3) is 0.231. The first-order valence-electron chi connectivity index (χ1n) is 5.52. The zero-order valence-corrected chi connectivity index (χ0v) is 9.76. The second kappa shape index (κ2) is 4.82. The van der Waals surface area contributed by atoms with Gasteiger partial charge in [-0.1, -0.05) is 12.1 Å². The van der Waals surface area contributed by atoms with Crippen molar-refractivity contribution in [1.29, 1.82) is 0 Å². The molecular formula is C13H15N3O. The summed E-state index contributed by atoms with van der Waals surface area (Å²) >= 11 is 0. The Labute approximate surface area is 100 Å². The molecule has 0 bridgehead atoms. The third-order valence-electron chi connectivity index (χ3n) is 2.66. The molecule has 0 saturated heterocycles. The van der Waals surface area contributed by atoms with Gasteiger partial charge in [0.2, 0.25) is 0 Å². The van der Waals surface area contributed by atoms with E-state index in [4.69, 9.17) is 5.73 Å². The molecule has 0 aliphatic carbocycles. The van der Waals surface area contributed by atoms with Gasteiger partial charge in [-0.2, -0.15) is 5.10 Å². The Bertz CT molecular complexity index is 531. The largest absolute Gasteiger partial charge is 0.398 e. The van der Waals surface area contributed by atoms with Crippen molar-refractivity contribution in [1.82, 2.24) is 9.78 Å². The Balaban J connectivity index is 2.01. The van der Waals surface area contributed by atoms with Gasteiger partial charge < -0.3 is 5.73 Å². The lowest BCUT2D eigenvalue weighted by atomic mass is 10.0. The van der Waals surface area contributed by atoms with Crippen LogP contribution in [0.3, 0.4) is 0 Å². The fourth-order valence-electron chi connectivity index (χ4n) is 1.74. The molecule has 0 amide bonds. The summed E-state index contributed by atoms with van der Waals surface area (Å²) in [7, 11) is 1.86. The first-order chi connectivity index (χ1) is 8.16. The number of aryl methyl sites for hydroxylation is 2. The average molecular weight is 229 g/mol. The Kier molecular flexibility index (Phi) is 3.23. The highest BCUT2D eigenvalue weighted by molar-refractivity contribution is 6.00. The van der Waals surface area contributed by atoms with Crippen molar-refractivity contribution in [3.8, 4) is 0 Å². The molecule has 88 valence electrons. The first kappa shape index (κ1) is 11.4. The number of ketones is 1. The summed E-state index contributed by atoms with van der Waals surface area (Å²) in [6.07, 6.45) is 4.85. The smallest absolute Gasteiger partial charge is 0.165 e. The zero-order chi connectivity index (χ0) is 12.3. The van der Waals surface area contributed by atoms with Gasteiger partial charge in [-0.05, 0) is 24.1 Å². The second-order valence-corrected chi connectivity index (χ2v) is 4.03. The van der Waals surface area contributed by atoms with Crippen LogP contribution in [0, 0.1) is 0 Å². The van der Waals surface area contributed by atoms with E-state index in [1.807, 2.05) is 25.4 Å². The number of carbonyl (C=O) groups excluding carboxylic acids is 1. The van der Waals surface area contributed by atoms with Gasteiger partial charge in [0, 0.05) is 30.9 Å².